The van der Waals surface area contributed by atoms with Gasteiger partial charge in [0.05, 0.1) is 5.56 Å². The summed E-state index contributed by atoms with van der Waals surface area (Å²) in [7, 11) is 0. The highest BCUT2D eigenvalue weighted by Gasteiger charge is 2.30. The maximum Gasteiger partial charge on any atom is 0.416 e. The first-order valence-corrected chi connectivity index (χ1v) is 8.63. The molecule has 0 aliphatic heterocycles. The molecule has 0 unspecified atom stereocenters. The summed E-state index contributed by atoms with van der Waals surface area (Å²) in [4.78, 5) is 22.9. The second-order valence-electron chi connectivity index (χ2n) is 6.20. The third-order valence-corrected chi connectivity index (χ3v) is 3.97. The normalized spacial score (nSPS) is 11.3. The maximum absolute atomic E-state index is 12.8. The molecule has 0 atom stereocenters. The summed E-state index contributed by atoms with van der Waals surface area (Å²) in [6, 6.07) is 9.22. The van der Waals surface area contributed by atoms with Gasteiger partial charge in [0.1, 0.15) is 13.0 Å². The minimum atomic E-state index is -4.37. The number of nitrogens with one attached hydrogen (secondary N) is 2. The average Bonchev–Trinajstić information content (AvgIpc) is 2.69. The molecule has 4 nitrogen and oxygen atoms in total. The van der Waals surface area contributed by atoms with Crippen molar-refractivity contribution >= 4 is 12.2 Å². The molecule has 150 valence electrons. The monoisotopic (exact) mass is 396 g/mol. The first-order valence-electron chi connectivity index (χ1n) is 8.63. The van der Waals surface area contributed by atoms with Crippen LogP contribution in [0.5, 0.6) is 0 Å². The summed E-state index contributed by atoms with van der Waals surface area (Å²) >= 11 is 0. The fourth-order valence-electron chi connectivity index (χ4n) is 2.60. The summed E-state index contributed by atoms with van der Waals surface area (Å²) in [5.74, 6) is -0.420. The molecule has 0 aliphatic carbocycles. The zero-order valence-corrected chi connectivity index (χ0v) is 15.0. The van der Waals surface area contributed by atoms with Crippen LogP contribution in [0.3, 0.4) is 0 Å². The van der Waals surface area contributed by atoms with E-state index in [4.69, 9.17) is 0 Å². The van der Waals surface area contributed by atoms with Crippen molar-refractivity contribution in [3.05, 3.63) is 70.3 Å². The smallest absolute Gasteiger partial charge is 0.352 e. The SMILES string of the molecule is O=Cc1cc(CF)cc(C(=O)NCCCNCc2cccc(C(F)(F)F)c2)c1. The lowest BCUT2D eigenvalue weighted by molar-refractivity contribution is -0.137. The first kappa shape index (κ1) is 21.6. The molecule has 28 heavy (non-hydrogen) atoms. The van der Waals surface area contributed by atoms with Crippen LogP contribution in [-0.2, 0) is 19.4 Å². The zero-order chi connectivity index (χ0) is 20.6. The van der Waals surface area contributed by atoms with Crippen molar-refractivity contribution in [1.29, 1.82) is 0 Å². The van der Waals surface area contributed by atoms with Crippen molar-refractivity contribution in [2.24, 2.45) is 0 Å². The molecule has 2 aromatic rings. The summed E-state index contributed by atoms with van der Waals surface area (Å²) in [6.07, 6.45) is -3.27. The van der Waals surface area contributed by atoms with Gasteiger partial charge >= 0.3 is 6.18 Å². The Labute approximate surface area is 159 Å². The lowest BCUT2D eigenvalue weighted by atomic mass is 10.1. The van der Waals surface area contributed by atoms with E-state index in [2.05, 4.69) is 10.6 Å². The van der Waals surface area contributed by atoms with Gasteiger partial charge in [0.2, 0.25) is 0 Å². The van der Waals surface area contributed by atoms with Gasteiger partial charge in [0.15, 0.2) is 0 Å². The molecule has 0 fully saturated rings. The van der Waals surface area contributed by atoms with E-state index in [0.29, 0.717) is 31.4 Å². The molecular weight excluding hydrogens is 376 g/mol. The molecule has 0 radical (unpaired) electrons. The summed E-state index contributed by atoms with van der Waals surface area (Å²) < 4.78 is 50.8. The van der Waals surface area contributed by atoms with Crippen LogP contribution < -0.4 is 10.6 Å². The van der Waals surface area contributed by atoms with E-state index in [-0.39, 0.29) is 23.2 Å². The van der Waals surface area contributed by atoms with Crippen LogP contribution >= 0.6 is 0 Å². The van der Waals surface area contributed by atoms with Crippen LogP contribution in [-0.4, -0.2) is 25.3 Å². The van der Waals surface area contributed by atoms with E-state index < -0.39 is 24.3 Å². The van der Waals surface area contributed by atoms with Gasteiger partial charge in [0.25, 0.3) is 5.91 Å². The minimum Gasteiger partial charge on any atom is -0.352 e. The summed E-state index contributed by atoms with van der Waals surface area (Å²) in [5.41, 5.74) is 0.502. The number of halogens is 4. The van der Waals surface area contributed by atoms with Crippen LogP contribution in [0.15, 0.2) is 42.5 Å². The number of carbonyl (C=O) groups excluding carboxylic acids is 2. The van der Waals surface area contributed by atoms with Gasteiger partial charge in [-0.15, -0.1) is 0 Å². The fourth-order valence-corrected chi connectivity index (χ4v) is 2.60. The largest absolute Gasteiger partial charge is 0.416 e. The second kappa shape index (κ2) is 9.98. The molecule has 2 aromatic carbocycles. The van der Waals surface area contributed by atoms with Gasteiger partial charge in [-0.05, 0) is 48.4 Å². The molecule has 0 saturated heterocycles. The van der Waals surface area contributed by atoms with Crippen LogP contribution in [0.2, 0.25) is 0 Å². The number of hydrogen-bond acceptors (Lipinski definition) is 3. The van der Waals surface area contributed by atoms with Crippen LogP contribution in [0, 0.1) is 0 Å². The lowest BCUT2D eigenvalue weighted by Gasteiger charge is -2.10. The Hall–Kier alpha value is -2.74. The molecular formula is C20H20F4N2O2. The summed E-state index contributed by atoms with van der Waals surface area (Å²) in [6.45, 7) is 0.311. The Balaban J connectivity index is 1.75. The Bertz CT molecular complexity index is 822. The van der Waals surface area contributed by atoms with E-state index in [1.54, 1.807) is 6.07 Å². The van der Waals surface area contributed by atoms with Gasteiger partial charge in [-0.2, -0.15) is 13.2 Å². The number of aldehydes is 1. The quantitative estimate of drug-likeness (QED) is 0.384. The Kier molecular flexibility index (Phi) is 7.69. The second-order valence-corrected chi connectivity index (χ2v) is 6.20. The molecule has 0 spiro atoms. The minimum absolute atomic E-state index is 0.203. The molecule has 0 aromatic heterocycles. The molecule has 2 N–H and O–H groups in total. The molecule has 0 saturated carbocycles. The van der Waals surface area contributed by atoms with E-state index in [9.17, 15) is 27.2 Å². The van der Waals surface area contributed by atoms with Gasteiger partial charge in [-0.3, -0.25) is 9.59 Å². The van der Waals surface area contributed by atoms with Gasteiger partial charge in [0, 0.05) is 24.2 Å². The van der Waals surface area contributed by atoms with E-state index in [1.165, 1.54) is 24.3 Å². The molecule has 1 amide bonds. The van der Waals surface area contributed by atoms with Crippen LogP contribution in [0.4, 0.5) is 17.6 Å². The molecule has 0 aliphatic rings. The average molecular weight is 396 g/mol. The van der Waals surface area contributed by atoms with Crippen molar-refractivity contribution in [2.75, 3.05) is 13.1 Å². The topological polar surface area (TPSA) is 58.2 Å². The maximum atomic E-state index is 12.8. The molecule has 0 bridgehead atoms. The number of alkyl halides is 4. The highest BCUT2D eigenvalue weighted by molar-refractivity contribution is 5.96. The zero-order valence-electron chi connectivity index (χ0n) is 15.0. The highest BCUT2D eigenvalue weighted by atomic mass is 19.4. The Morgan fingerprint density at radius 3 is 2.50 bits per heavy atom. The predicted octanol–water partition coefficient (Wildman–Crippen LogP) is 3.90. The van der Waals surface area contributed by atoms with Gasteiger partial charge in [-0.1, -0.05) is 18.2 Å². The fraction of sp³-hybridized carbons (Fsp3) is 0.300. The van der Waals surface area contributed by atoms with Crippen LogP contribution in [0.1, 0.15) is 43.8 Å². The van der Waals surface area contributed by atoms with Crippen molar-refractivity contribution in [2.45, 2.75) is 25.8 Å². The highest BCUT2D eigenvalue weighted by Crippen LogP contribution is 2.29. The predicted molar refractivity (Wildman–Crippen MR) is 96.7 cm³/mol. The van der Waals surface area contributed by atoms with Crippen molar-refractivity contribution < 1.29 is 27.2 Å². The number of amides is 1. The molecule has 0 heterocycles. The Morgan fingerprint density at radius 1 is 1.04 bits per heavy atom. The number of hydrogen-bond donors (Lipinski definition) is 2. The van der Waals surface area contributed by atoms with Crippen molar-refractivity contribution in [3.8, 4) is 0 Å². The molecule has 2 rings (SSSR count). The number of benzene rings is 2. The van der Waals surface area contributed by atoms with Gasteiger partial charge < -0.3 is 10.6 Å². The van der Waals surface area contributed by atoms with E-state index in [1.807, 2.05) is 0 Å². The number of rotatable bonds is 9. The summed E-state index contributed by atoms with van der Waals surface area (Å²) in [5, 5.41) is 5.68. The Morgan fingerprint density at radius 2 is 1.82 bits per heavy atom. The third kappa shape index (κ3) is 6.45. The van der Waals surface area contributed by atoms with Crippen molar-refractivity contribution in [1.82, 2.24) is 10.6 Å². The van der Waals surface area contributed by atoms with Crippen LogP contribution in [0.25, 0.3) is 0 Å². The van der Waals surface area contributed by atoms with E-state index >= 15 is 0 Å². The standard InChI is InChI=1S/C20H20F4N2O2/c21-11-15-7-16(13-27)9-17(8-15)19(28)26-6-2-5-25-12-14-3-1-4-18(10-14)20(22,23)24/h1,3-4,7-10,13,25H,2,5-6,11-12H2,(H,26,28). The third-order valence-electron chi connectivity index (χ3n) is 3.97. The van der Waals surface area contributed by atoms with Gasteiger partial charge in [-0.25, -0.2) is 4.39 Å². The molecule has 8 heteroatoms. The lowest BCUT2D eigenvalue weighted by Crippen LogP contribution is -2.27. The van der Waals surface area contributed by atoms with E-state index in [0.717, 1.165) is 12.1 Å². The van der Waals surface area contributed by atoms with Crippen molar-refractivity contribution in [3.63, 3.8) is 0 Å². The first-order chi connectivity index (χ1) is 13.3. The number of carbonyl (C=O) groups is 2.